The van der Waals surface area contributed by atoms with Crippen molar-refractivity contribution in [2.24, 2.45) is 7.05 Å². The fourth-order valence-electron chi connectivity index (χ4n) is 1.35. The van der Waals surface area contributed by atoms with Crippen LogP contribution >= 0.6 is 0 Å². The first-order valence-corrected chi connectivity index (χ1v) is 5.85. The van der Waals surface area contributed by atoms with Gasteiger partial charge in [0.2, 0.25) is 11.6 Å². The van der Waals surface area contributed by atoms with Crippen molar-refractivity contribution in [3.05, 3.63) is 22.4 Å². The zero-order chi connectivity index (χ0) is 13.5. The highest BCUT2D eigenvalue weighted by Gasteiger charge is 2.27. The van der Waals surface area contributed by atoms with Crippen LogP contribution in [-0.4, -0.2) is 32.7 Å². The van der Waals surface area contributed by atoms with Crippen LogP contribution < -0.4 is 0 Å². The zero-order valence-electron chi connectivity index (χ0n) is 8.84. The van der Waals surface area contributed by atoms with E-state index in [2.05, 4.69) is 10.2 Å². The minimum absolute atomic E-state index is 0.181. The van der Waals surface area contributed by atoms with E-state index in [1.54, 1.807) is 0 Å². The molecule has 0 aromatic carbocycles. The zero-order valence-corrected chi connectivity index (χ0v) is 9.66. The molecule has 0 aliphatic heterocycles. The van der Waals surface area contributed by atoms with Crippen molar-refractivity contribution in [2.75, 3.05) is 0 Å². The Morgan fingerprint density at radius 1 is 1.50 bits per heavy atom. The number of rotatable bonds is 3. The number of nitro groups is 1. The lowest BCUT2D eigenvalue weighted by atomic mass is 10.3. The highest BCUT2D eigenvalue weighted by Crippen LogP contribution is 2.29. The third-order valence-corrected chi connectivity index (χ3v) is 2.93. The molecule has 2 aromatic heterocycles. The van der Waals surface area contributed by atoms with Gasteiger partial charge in [-0.05, 0) is 0 Å². The molecule has 0 radical (unpaired) electrons. The fourth-order valence-corrected chi connectivity index (χ4v) is 1.93. The third-order valence-electron chi connectivity index (χ3n) is 2.11. The van der Waals surface area contributed by atoms with Crippen LogP contribution in [0, 0.1) is 10.1 Å². The van der Waals surface area contributed by atoms with Crippen molar-refractivity contribution in [1.29, 1.82) is 0 Å². The molecule has 0 spiro atoms. The molecule has 0 amide bonds. The Balaban J connectivity index is 2.63. The highest BCUT2D eigenvalue weighted by atomic mass is 32.2. The van der Waals surface area contributed by atoms with Gasteiger partial charge in [-0.25, -0.2) is 0 Å². The minimum atomic E-state index is -4.56. The van der Waals surface area contributed by atoms with Crippen LogP contribution in [0.3, 0.4) is 0 Å². The van der Waals surface area contributed by atoms with Crippen molar-refractivity contribution in [3.8, 4) is 11.6 Å². The first-order valence-electron chi connectivity index (χ1n) is 4.41. The van der Waals surface area contributed by atoms with Crippen LogP contribution in [0.15, 0.2) is 21.9 Å². The van der Waals surface area contributed by atoms with Crippen molar-refractivity contribution < 1.29 is 22.3 Å². The van der Waals surface area contributed by atoms with Crippen molar-refractivity contribution in [2.45, 2.75) is 5.16 Å². The molecule has 10 nitrogen and oxygen atoms in total. The van der Waals surface area contributed by atoms with Crippen LogP contribution in [0.2, 0.25) is 0 Å². The normalized spacial score (nSPS) is 11.7. The van der Waals surface area contributed by atoms with Crippen LogP contribution in [-0.2, 0) is 17.2 Å². The largest absolute Gasteiger partial charge is 0.454 e. The molecule has 2 aromatic rings. The van der Waals surface area contributed by atoms with E-state index in [4.69, 9.17) is 8.97 Å². The second kappa shape index (κ2) is 3.89. The summed E-state index contributed by atoms with van der Waals surface area (Å²) in [6.45, 7) is 0. The fraction of sp³-hybridized carbons (Fsp3) is 0.143. The van der Waals surface area contributed by atoms with E-state index < -0.39 is 20.2 Å². The van der Waals surface area contributed by atoms with Gasteiger partial charge in [-0.15, -0.1) is 10.2 Å². The second-order valence-electron chi connectivity index (χ2n) is 3.23. The van der Waals surface area contributed by atoms with Gasteiger partial charge in [0.05, 0.1) is 17.3 Å². The predicted molar refractivity (Wildman–Crippen MR) is 55.2 cm³/mol. The number of hydrogen-bond acceptors (Lipinski definition) is 7. The SMILES string of the molecule is Cn1c(-c2occc2[N+](=O)[O-])nnc1S(=O)(=O)O. The second-order valence-corrected chi connectivity index (χ2v) is 4.55. The summed E-state index contributed by atoms with van der Waals surface area (Å²) < 4.78 is 36.4. The number of nitrogens with zero attached hydrogens (tertiary/aromatic N) is 4. The standard InChI is InChI=1S/C7H6N4O6S/c1-10-6(8-9-7(10)18(14,15)16)5-4(11(12)13)2-3-17-5/h2-3H,1H3,(H,14,15,16). The van der Waals surface area contributed by atoms with E-state index in [1.165, 1.54) is 7.05 Å². The quantitative estimate of drug-likeness (QED) is 0.476. The lowest BCUT2D eigenvalue weighted by Gasteiger charge is -1.98. The van der Waals surface area contributed by atoms with Crippen LogP contribution in [0.4, 0.5) is 5.69 Å². The Morgan fingerprint density at radius 3 is 2.67 bits per heavy atom. The third kappa shape index (κ3) is 1.84. The molecule has 1 N–H and O–H groups in total. The van der Waals surface area contributed by atoms with Gasteiger partial charge >= 0.3 is 15.8 Å². The molecule has 0 fully saturated rings. The van der Waals surface area contributed by atoms with Gasteiger partial charge in [-0.3, -0.25) is 19.2 Å². The maximum atomic E-state index is 10.9. The Hall–Kier alpha value is -2.27. The Labute approximate surface area is 99.8 Å². The Kier molecular flexibility index (Phi) is 2.63. The van der Waals surface area contributed by atoms with Gasteiger partial charge in [0.25, 0.3) is 5.16 Å². The molecule has 96 valence electrons. The van der Waals surface area contributed by atoms with Gasteiger partial charge in [0, 0.05) is 7.05 Å². The smallest absolute Gasteiger partial charge is 0.330 e. The summed E-state index contributed by atoms with van der Waals surface area (Å²) in [4.78, 5) is 9.98. The lowest BCUT2D eigenvalue weighted by molar-refractivity contribution is -0.384. The summed E-state index contributed by atoms with van der Waals surface area (Å²) in [5.41, 5.74) is -0.382. The molecule has 18 heavy (non-hydrogen) atoms. The van der Waals surface area contributed by atoms with E-state index in [0.717, 1.165) is 16.9 Å². The summed E-state index contributed by atoms with van der Waals surface area (Å²) in [6.07, 6.45) is 1.06. The first-order chi connectivity index (χ1) is 8.32. The van der Waals surface area contributed by atoms with E-state index in [1.807, 2.05) is 0 Å². The number of furan rings is 1. The molecule has 0 saturated heterocycles. The van der Waals surface area contributed by atoms with Crippen LogP contribution in [0.5, 0.6) is 0 Å². The number of aromatic nitrogens is 3. The maximum Gasteiger partial charge on any atom is 0.330 e. The molecule has 2 heterocycles. The van der Waals surface area contributed by atoms with Gasteiger partial charge in [0.1, 0.15) is 0 Å². The molecular weight excluding hydrogens is 268 g/mol. The molecule has 0 unspecified atom stereocenters. The van der Waals surface area contributed by atoms with Crippen molar-refractivity contribution in [3.63, 3.8) is 0 Å². The van der Waals surface area contributed by atoms with Crippen molar-refractivity contribution in [1.82, 2.24) is 14.8 Å². The summed E-state index contributed by atoms with van der Waals surface area (Å²) in [5.74, 6) is -0.427. The number of hydrogen-bond donors (Lipinski definition) is 1. The van der Waals surface area contributed by atoms with Gasteiger partial charge in [0.15, 0.2) is 0 Å². The first kappa shape index (κ1) is 12.2. The Bertz CT molecular complexity index is 714. The van der Waals surface area contributed by atoms with E-state index in [-0.39, 0.29) is 17.3 Å². The average Bonchev–Trinajstić information content (AvgIpc) is 2.81. The topological polar surface area (TPSA) is 141 Å². The molecule has 0 saturated carbocycles. The Morgan fingerprint density at radius 2 is 2.17 bits per heavy atom. The molecule has 11 heteroatoms. The molecule has 0 atom stereocenters. The summed E-state index contributed by atoms with van der Waals surface area (Å²) >= 11 is 0. The van der Waals surface area contributed by atoms with Crippen LogP contribution in [0.25, 0.3) is 11.6 Å². The summed E-state index contributed by atoms with van der Waals surface area (Å²) in [5, 5.41) is 16.6. The molecule has 2 rings (SSSR count). The average molecular weight is 274 g/mol. The summed E-state index contributed by atoms with van der Waals surface area (Å²) in [6, 6.07) is 1.09. The minimum Gasteiger partial charge on any atom is -0.454 e. The maximum absolute atomic E-state index is 10.9. The highest BCUT2D eigenvalue weighted by molar-refractivity contribution is 7.85. The van der Waals surface area contributed by atoms with E-state index in [9.17, 15) is 18.5 Å². The molecule has 0 bridgehead atoms. The van der Waals surface area contributed by atoms with Gasteiger partial charge < -0.3 is 4.42 Å². The lowest BCUT2D eigenvalue weighted by Crippen LogP contribution is -2.07. The predicted octanol–water partition coefficient (Wildman–Crippen LogP) is 0.230. The summed E-state index contributed by atoms with van der Waals surface area (Å²) in [7, 11) is -3.33. The molecule has 0 aliphatic carbocycles. The molecule has 0 aliphatic rings. The van der Waals surface area contributed by atoms with Gasteiger partial charge in [-0.1, -0.05) is 0 Å². The van der Waals surface area contributed by atoms with E-state index >= 15 is 0 Å². The van der Waals surface area contributed by atoms with Crippen LogP contribution in [0.1, 0.15) is 0 Å². The van der Waals surface area contributed by atoms with Gasteiger partial charge in [-0.2, -0.15) is 8.42 Å². The molecular formula is C7H6N4O6S. The monoisotopic (exact) mass is 274 g/mol. The van der Waals surface area contributed by atoms with E-state index in [0.29, 0.717) is 0 Å². The van der Waals surface area contributed by atoms with Crippen molar-refractivity contribution >= 4 is 15.8 Å².